The standard InChI is InChI=1S/C25H23FN2O2/c1-16-17(13-18(26)14-24(16)27)7-6-12-28-25(29)30-15-23-21-10-4-2-8-19(21)20-9-3-5-11-22(20)23/h2-11,13-14,23H,12,15,27H2,1H3,(H,28,29). The van der Waals surface area contributed by atoms with Crippen molar-refractivity contribution in [3.05, 3.63) is 94.8 Å². The third-order valence-electron chi connectivity index (χ3n) is 5.46. The Morgan fingerprint density at radius 1 is 1.10 bits per heavy atom. The van der Waals surface area contributed by atoms with Gasteiger partial charge in [-0.25, -0.2) is 9.18 Å². The van der Waals surface area contributed by atoms with Crippen molar-refractivity contribution in [3.63, 3.8) is 0 Å². The van der Waals surface area contributed by atoms with Crippen molar-refractivity contribution < 1.29 is 13.9 Å². The van der Waals surface area contributed by atoms with Gasteiger partial charge in [0.05, 0.1) is 0 Å². The summed E-state index contributed by atoms with van der Waals surface area (Å²) in [5.74, 6) is -0.362. The Balaban J connectivity index is 1.35. The molecule has 0 aliphatic heterocycles. The SMILES string of the molecule is Cc1c(N)cc(F)cc1C=CCNC(=O)OCC1c2ccccc2-c2ccccc21. The molecule has 0 fully saturated rings. The summed E-state index contributed by atoms with van der Waals surface area (Å²) in [7, 11) is 0. The lowest BCUT2D eigenvalue weighted by Gasteiger charge is -2.14. The second kappa shape index (κ2) is 8.41. The maximum absolute atomic E-state index is 13.5. The van der Waals surface area contributed by atoms with Crippen LogP contribution in [0.25, 0.3) is 17.2 Å². The molecule has 0 heterocycles. The average molecular weight is 402 g/mol. The van der Waals surface area contributed by atoms with Crippen LogP contribution in [0, 0.1) is 12.7 Å². The summed E-state index contributed by atoms with van der Waals surface area (Å²) < 4.78 is 19.0. The number of fused-ring (bicyclic) bond motifs is 3. The number of nitrogens with two attached hydrogens (primary N) is 1. The number of alkyl carbamates (subject to hydrolysis) is 1. The Morgan fingerprint density at radius 3 is 2.40 bits per heavy atom. The molecular weight excluding hydrogens is 379 g/mol. The van der Waals surface area contributed by atoms with Crippen molar-refractivity contribution in [2.75, 3.05) is 18.9 Å². The van der Waals surface area contributed by atoms with Gasteiger partial charge in [-0.1, -0.05) is 60.7 Å². The zero-order valence-electron chi connectivity index (χ0n) is 16.7. The fourth-order valence-corrected chi connectivity index (χ4v) is 3.87. The van der Waals surface area contributed by atoms with E-state index < -0.39 is 6.09 Å². The molecule has 0 bridgehead atoms. The smallest absolute Gasteiger partial charge is 0.407 e. The number of rotatable bonds is 5. The molecule has 0 radical (unpaired) electrons. The van der Waals surface area contributed by atoms with Crippen LogP contribution >= 0.6 is 0 Å². The van der Waals surface area contributed by atoms with Crippen LogP contribution in [0.2, 0.25) is 0 Å². The number of anilines is 1. The van der Waals surface area contributed by atoms with Crippen molar-refractivity contribution >= 4 is 17.9 Å². The monoisotopic (exact) mass is 402 g/mol. The highest BCUT2D eigenvalue weighted by atomic mass is 19.1. The third kappa shape index (κ3) is 3.92. The van der Waals surface area contributed by atoms with E-state index in [0.29, 0.717) is 11.3 Å². The summed E-state index contributed by atoms with van der Waals surface area (Å²) in [6, 6.07) is 19.1. The maximum Gasteiger partial charge on any atom is 0.407 e. The number of hydrogen-bond donors (Lipinski definition) is 2. The predicted octanol–water partition coefficient (Wildman–Crippen LogP) is 5.27. The Kier molecular flexibility index (Phi) is 5.53. The Hall–Kier alpha value is -3.60. The minimum Gasteiger partial charge on any atom is -0.449 e. The summed E-state index contributed by atoms with van der Waals surface area (Å²) in [6.07, 6.45) is 2.98. The van der Waals surface area contributed by atoms with E-state index in [-0.39, 0.29) is 24.9 Å². The molecule has 4 rings (SSSR count). The van der Waals surface area contributed by atoms with Crippen LogP contribution in [0.3, 0.4) is 0 Å². The molecular formula is C25H23FN2O2. The van der Waals surface area contributed by atoms with E-state index in [1.54, 1.807) is 12.2 Å². The minimum absolute atomic E-state index is 0.0246. The highest BCUT2D eigenvalue weighted by molar-refractivity contribution is 5.79. The van der Waals surface area contributed by atoms with Gasteiger partial charge in [-0.15, -0.1) is 0 Å². The van der Waals surface area contributed by atoms with E-state index in [0.717, 1.165) is 5.56 Å². The molecule has 1 amide bonds. The number of hydrogen-bond acceptors (Lipinski definition) is 3. The summed E-state index contributed by atoms with van der Waals surface area (Å²) in [4.78, 5) is 12.2. The van der Waals surface area contributed by atoms with Crippen molar-refractivity contribution in [1.82, 2.24) is 5.32 Å². The molecule has 3 N–H and O–H groups in total. The predicted molar refractivity (Wildman–Crippen MR) is 118 cm³/mol. The van der Waals surface area contributed by atoms with Crippen LogP contribution in [0.15, 0.2) is 66.7 Å². The average Bonchev–Trinajstić information content (AvgIpc) is 3.07. The molecule has 0 saturated carbocycles. The van der Waals surface area contributed by atoms with Crippen molar-refractivity contribution in [3.8, 4) is 11.1 Å². The lowest BCUT2D eigenvalue weighted by Crippen LogP contribution is -2.26. The summed E-state index contributed by atoms with van der Waals surface area (Å²) in [6.45, 7) is 2.36. The van der Waals surface area contributed by atoms with E-state index in [2.05, 4.69) is 29.6 Å². The number of amides is 1. The normalized spacial score (nSPS) is 12.6. The fraction of sp³-hybridized carbons (Fsp3) is 0.160. The quantitative estimate of drug-likeness (QED) is 0.572. The molecule has 0 aromatic heterocycles. The van der Waals surface area contributed by atoms with Crippen LogP contribution in [0.5, 0.6) is 0 Å². The lowest BCUT2D eigenvalue weighted by molar-refractivity contribution is 0.144. The van der Waals surface area contributed by atoms with Gasteiger partial charge in [0.2, 0.25) is 0 Å². The van der Waals surface area contributed by atoms with Gasteiger partial charge in [0.25, 0.3) is 0 Å². The first-order chi connectivity index (χ1) is 14.5. The second-order valence-corrected chi connectivity index (χ2v) is 7.32. The number of benzene rings is 3. The van der Waals surface area contributed by atoms with Crippen molar-refractivity contribution in [2.45, 2.75) is 12.8 Å². The summed E-state index contributed by atoms with van der Waals surface area (Å²) >= 11 is 0. The van der Waals surface area contributed by atoms with Gasteiger partial charge >= 0.3 is 6.09 Å². The van der Waals surface area contributed by atoms with E-state index in [1.165, 1.54) is 34.4 Å². The molecule has 0 atom stereocenters. The topological polar surface area (TPSA) is 64.3 Å². The zero-order chi connectivity index (χ0) is 21.1. The molecule has 152 valence electrons. The molecule has 1 aliphatic rings. The number of carbonyl (C=O) groups is 1. The number of nitrogens with one attached hydrogen (secondary N) is 1. The maximum atomic E-state index is 13.5. The molecule has 5 heteroatoms. The first-order valence-corrected chi connectivity index (χ1v) is 9.85. The first kappa shape index (κ1) is 19.7. The molecule has 0 saturated heterocycles. The number of carbonyl (C=O) groups excluding carboxylic acids is 1. The fourth-order valence-electron chi connectivity index (χ4n) is 3.87. The molecule has 0 spiro atoms. The van der Waals surface area contributed by atoms with E-state index in [9.17, 15) is 9.18 Å². The molecule has 1 aliphatic carbocycles. The van der Waals surface area contributed by atoms with Gasteiger partial charge in [-0.3, -0.25) is 0 Å². The number of halogens is 1. The van der Waals surface area contributed by atoms with Gasteiger partial charge in [0.1, 0.15) is 12.4 Å². The van der Waals surface area contributed by atoms with Gasteiger partial charge in [-0.2, -0.15) is 0 Å². The van der Waals surface area contributed by atoms with Crippen LogP contribution in [0.1, 0.15) is 28.2 Å². The molecule has 4 nitrogen and oxygen atoms in total. The van der Waals surface area contributed by atoms with Crippen molar-refractivity contribution in [1.29, 1.82) is 0 Å². The summed E-state index contributed by atoms with van der Waals surface area (Å²) in [5, 5.41) is 2.70. The van der Waals surface area contributed by atoms with Crippen LogP contribution in [-0.4, -0.2) is 19.2 Å². The van der Waals surface area contributed by atoms with Crippen LogP contribution in [0.4, 0.5) is 14.9 Å². The molecule has 0 unspecified atom stereocenters. The molecule has 30 heavy (non-hydrogen) atoms. The Morgan fingerprint density at radius 2 is 1.73 bits per heavy atom. The Bertz CT molecular complexity index is 1080. The first-order valence-electron chi connectivity index (χ1n) is 9.85. The summed E-state index contributed by atoms with van der Waals surface area (Å²) in [5.41, 5.74) is 12.4. The highest BCUT2D eigenvalue weighted by Gasteiger charge is 2.28. The van der Waals surface area contributed by atoms with E-state index in [1.807, 2.05) is 31.2 Å². The lowest BCUT2D eigenvalue weighted by atomic mass is 9.98. The van der Waals surface area contributed by atoms with E-state index >= 15 is 0 Å². The van der Waals surface area contributed by atoms with Crippen molar-refractivity contribution in [2.24, 2.45) is 0 Å². The van der Waals surface area contributed by atoms with Crippen LogP contribution < -0.4 is 11.1 Å². The third-order valence-corrected chi connectivity index (χ3v) is 5.46. The molecule has 3 aromatic carbocycles. The van der Waals surface area contributed by atoms with Gasteiger partial charge in [-0.05, 0) is 52.4 Å². The van der Waals surface area contributed by atoms with Gasteiger partial charge < -0.3 is 15.8 Å². The minimum atomic E-state index is -0.489. The molecule has 3 aromatic rings. The zero-order valence-corrected chi connectivity index (χ0v) is 16.7. The number of nitrogen functional groups attached to an aromatic ring is 1. The largest absolute Gasteiger partial charge is 0.449 e. The second-order valence-electron chi connectivity index (χ2n) is 7.32. The number of ether oxygens (including phenoxy) is 1. The Labute approximate surface area is 175 Å². The van der Waals surface area contributed by atoms with Gasteiger partial charge in [0.15, 0.2) is 0 Å². The van der Waals surface area contributed by atoms with Gasteiger partial charge in [0, 0.05) is 18.2 Å². The van der Waals surface area contributed by atoms with Crippen LogP contribution in [-0.2, 0) is 4.74 Å². The van der Waals surface area contributed by atoms with E-state index in [4.69, 9.17) is 10.5 Å². The highest BCUT2D eigenvalue weighted by Crippen LogP contribution is 2.44.